The second-order valence-electron chi connectivity index (χ2n) is 6.99. The number of carbonyl (C=O) groups excluding carboxylic acids is 1. The fourth-order valence-corrected chi connectivity index (χ4v) is 3.36. The summed E-state index contributed by atoms with van der Waals surface area (Å²) >= 11 is 0. The van der Waals surface area contributed by atoms with E-state index < -0.39 is 0 Å². The fourth-order valence-electron chi connectivity index (χ4n) is 3.36. The van der Waals surface area contributed by atoms with Crippen LogP contribution in [0.15, 0.2) is 102 Å². The number of nitrogens with one attached hydrogen (secondary N) is 2. The lowest BCUT2D eigenvalue weighted by Gasteiger charge is -2.18. The summed E-state index contributed by atoms with van der Waals surface area (Å²) in [6.07, 6.45) is 3.65. The predicted octanol–water partition coefficient (Wildman–Crippen LogP) is 5.45. The van der Waals surface area contributed by atoms with Crippen molar-refractivity contribution in [1.82, 2.24) is 4.98 Å². The van der Waals surface area contributed by atoms with Crippen molar-refractivity contribution in [3.05, 3.63) is 114 Å². The molecular formula is C25H23N3O2. The molecule has 0 saturated carbocycles. The van der Waals surface area contributed by atoms with E-state index in [1.165, 1.54) is 0 Å². The molecule has 4 rings (SSSR count). The van der Waals surface area contributed by atoms with Gasteiger partial charge in [0.2, 0.25) is 5.91 Å². The van der Waals surface area contributed by atoms with Crippen LogP contribution in [0.1, 0.15) is 29.2 Å². The van der Waals surface area contributed by atoms with Crippen LogP contribution in [0.25, 0.3) is 0 Å². The SMILES string of the molecule is O=C(CC(c1ccccc1)c1ccccc1)Nc1ccc(NCc2ccco2)nc1. The normalized spacial score (nSPS) is 10.7. The second kappa shape index (κ2) is 9.56. The summed E-state index contributed by atoms with van der Waals surface area (Å²) in [4.78, 5) is 17.1. The van der Waals surface area contributed by atoms with Crippen molar-refractivity contribution in [3.8, 4) is 0 Å². The summed E-state index contributed by atoms with van der Waals surface area (Å²) in [7, 11) is 0. The summed E-state index contributed by atoms with van der Waals surface area (Å²) in [6, 6.07) is 27.7. The van der Waals surface area contributed by atoms with Gasteiger partial charge in [-0.05, 0) is 35.4 Å². The molecule has 0 bridgehead atoms. The van der Waals surface area contributed by atoms with Crippen molar-refractivity contribution in [3.63, 3.8) is 0 Å². The number of rotatable bonds is 8. The molecule has 0 aliphatic carbocycles. The molecule has 0 saturated heterocycles. The molecule has 1 amide bonds. The van der Waals surface area contributed by atoms with Crippen LogP contribution in [-0.2, 0) is 11.3 Å². The van der Waals surface area contributed by atoms with Crippen molar-refractivity contribution in [2.24, 2.45) is 0 Å². The number of hydrogen-bond acceptors (Lipinski definition) is 4. The molecule has 2 aromatic carbocycles. The van der Waals surface area contributed by atoms with Gasteiger partial charge in [0.25, 0.3) is 0 Å². The molecule has 5 heteroatoms. The smallest absolute Gasteiger partial charge is 0.225 e. The van der Waals surface area contributed by atoms with E-state index in [9.17, 15) is 4.79 Å². The number of furan rings is 1. The molecule has 0 radical (unpaired) electrons. The average molecular weight is 397 g/mol. The average Bonchev–Trinajstić information content (AvgIpc) is 3.32. The van der Waals surface area contributed by atoms with Gasteiger partial charge in [0.1, 0.15) is 11.6 Å². The van der Waals surface area contributed by atoms with Gasteiger partial charge in [-0.25, -0.2) is 4.98 Å². The maximum atomic E-state index is 12.8. The Morgan fingerprint density at radius 2 is 1.57 bits per heavy atom. The topological polar surface area (TPSA) is 67.2 Å². The van der Waals surface area contributed by atoms with Gasteiger partial charge in [-0.1, -0.05) is 60.7 Å². The molecule has 0 aliphatic rings. The molecule has 2 heterocycles. The molecule has 30 heavy (non-hydrogen) atoms. The second-order valence-corrected chi connectivity index (χ2v) is 6.99. The highest BCUT2D eigenvalue weighted by Crippen LogP contribution is 2.28. The Morgan fingerprint density at radius 3 is 2.13 bits per heavy atom. The van der Waals surface area contributed by atoms with Gasteiger partial charge >= 0.3 is 0 Å². The van der Waals surface area contributed by atoms with Crippen LogP contribution in [0.4, 0.5) is 11.5 Å². The molecule has 0 atom stereocenters. The molecule has 2 aromatic heterocycles. The number of anilines is 2. The number of amides is 1. The Bertz CT molecular complexity index is 1010. The van der Waals surface area contributed by atoms with Crippen LogP contribution in [0.2, 0.25) is 0 Å². The number of aromatic nitrogens is 1. The third kappa shape index (κ3) is 5.14. The molecule has 0 fully saturated rings. The van der Waals surface area contributed by atoms with Crippen LogP contribution < -0.4 is 10.6 Å². The van der Waals surface area contributed by atoms with Crippen LogP contribution in [0, 0.1) is 0 Å². The molecule has 4 aromatic rings. The Labute approximate surface area is 175 Å². The molecule has 0 unspecified atom stereocenters. The molecule has 2 N–H and O–H groups in total. The summed E-state index contributed by atoms with van der Waals surface area (Å²) in [5, 5.41) is 6.15. The first-order valence-corrected chi connectivity index (χ1v) is 9.90. The number of hydrogen-bond donors (Lipinski definition) is 2. The van der Waals surface area contributed by atoms with Gasteiger partial charge in [-0.3, -0.25) is 4.79 Å². The van der Waals surface area contributed by atoms with Crippen LogP contribution >= 0.6 is 0 Å². The quantitative estimate of drug-likeness (QED) is 0.415. The van der Waals surface area contributed by atoms with Crippen molar-refractivity contribution in [2.45, 2.75) is 18.9 Å². The van der Waals surface area contributed by atoms with Gasteiger partial charge < -0.3 is 15.1 Å². The van der Waals surface area contributed by atoms with E-state index in [1.54, 1.807) is 12.5 Å². The Hall–Kier alpha value is -3.86. The van der Waals surface area contributed by atoms with Gasteiger partial charge in [0.05, 0.1) is 24.7 Å². The maximum absolute atomic E-state index is 12.8. The molecule has 5 nitrogen and oxygen atoms in total. The van der Waals surface area contributed by atoms with Crippen molar-refractivity contribution in [2.75, 3.05) is 10.6 Å². The number of nitrogens with zero attached hydrogens (tertiary/aromatic N) is 1. The first kappa shape index (κ1) is 19.5. The Balaban J connectivity index is 1.39. The van der Waals surface area contributed by atoms with Gasteiger partial charge in [-0.2, -0.15) is 0 Å². The van der Waals surface area contributed by atoms with Crippen LogP contribution in [-0.4, -0.2) is 10.9 Å². The zero-order chi connectivity index (χ0) is 20.6. The minimum Gasteiger partial charge on any atom is -0.467 e. The molecule has 150 valence electrons. The lowest BCUT2D eigenvalue weighted by atomic mass is 9.88. The van der Waals surface area contributed by atoms with Gasteiger partial charge in [0.15, 0.2) is 0 Å². The van der Waals surface area contributed by atoms with Crippen molar-refractivity contribution in [1.29, 1.82) is 0 Å². The van der Waals surface area contributed by atoms with Crippen LogP contribution in [0.3, 0.4) is 0 Å². The van der Waals surface area contributed by atoms with Crippen molar-refractivity contribution < 1.29 is 9.21 Å². The largest absolute Gasteiger partial charge is 0.467 e. The molecular weight excluding hydrogens is 374 g/mol. The number of benzene rings is 2. The van der Waals surface area contributed by atoms with Gasteiger partial charge in [-0.15, -0.1) is 0 Å². The fraction of sp³-hybridized carbons (Fsp3) is 0.120. The van der Waals surface area contributed by atoms with Crippen molar-refractivity contribution >= 4 is 17.4 Å². The third-order valence-corrected chi connectivity index (χ3v) is 4.86. The number of carbonyl (C=O) groups is 1. The minimum absolute atomic E-state index is 0.00500. The zero-order valence-electron chi connectivity index (χ0n) is 16.5. The monoisotopic (exact) mass is 397 g/mol. The predicted molar refractivity (Wildman–Crippen MR) is 118 cm³/mol. The first-order chi connectivity index (χ1) is 14.8. The Morgan fingerprint density at radius 1 is 0.867 bits per heavy atom. The minimum atomic E-state index is -0.0502. The maximum Gasteiger partial charge on any atom is 0.225 e. The van der Waals surface area contributed by atoms with Gasteiger partial charge in [0, 0.05) is 12.3 Å². The van der Waals surface area contributed by atoms with E-state index >= 15 is 0 Å². The van der Waals surface area contributed by atoms with E-state index in [0.717, 1.165) is 22.7 Å². The standard InChI is InChI=1S/C25H23N3O2/c29-25(16-23(19-8-3-1-4-9-19)20-10-5-2-6-11-20)28-21-13-14-24(26-17-21)27-18-22-12-7-15-30-22/h1-15,17,23H,16,18H2,(H,26,27)(H,28,29). The number of pyridine rings is 1. The summed E-state index contributed by atoms with van der Waals surface area (Å²) in [5.74, 6) is 1.50. The summed E-state index contributed by atoms with van der Waals surface area (Å²) < 4.78 is 5.29. The van der Waals surface area contributed by atoms with E-state index in [4.69, 9.17) is 4.42 Å². The summed E-state index contributed by atoms with van der Waals surface area (Å²) in [6.45, 7) is 0.557. The van der Waals surface area contributed by atoms with Crippen LogP contribution in [0.5, 0.6) is 0 Å². The van der Waals surface area contributed by atoms with E-state index in [2.05, 4.69) is 39.9 Å². The summed E-state index contributed by atoms with van der Waals surface area (Å²) in [5.41, 5.74) is 2.91. The van der Waals surface area contributed by atoms with E-state index in [-0.39, 0.29) is 11.8 Å². The lowest BCUT2D eigenvalue weighted by molar-refractivity contribution is -0.116. The molecule has 0 aliphatic heterocycles. The van der Waals surface area contributed by atoms with E-state index in [0.29, 0.717) is 18.7 Å². The highest BCUT2D eigenvalue weighted by Gasteiger charge is 2.18. The highest BCUT2D eigenvalue weighted by molar-refractivity contribution is 5.91. The lowest BCUT2D eigenvalue weighted by Crippen LogP contribution is -2.16. The zero-order valence-corrected chi connectivity index (χ0v) is 16.5. The first-order valence-electron chi connectivity index (χ1n) is 9.90. The third-order valence-electron chi connectivity index (χ3n) is 4.86. The Kier molecular flexibility index (Phi) is 6.20. The highest BCUT2D eigenvalue weighted by atomic mass is 16.3. The molecule has 0 spiro atoms. The van der Waals surface area contributed by atoms with E-state index in [1.807, 2.05) is 60.7 Å².